The predicted octanol–water partition coefficient (Wildman–Crippen LogP) is 5.19. The molecule has 0 atom stereocenters. The fourth-order valence-corrected chi connectivity index (χ4v) is 2.63. The third-order valence-electron chi connectivity index (χ3n) is 3.65. The van der Waals surface area contributed by atoms with Crippen LogP contribution in [0.3, 0.4) is 0 Å². The maximum absolute atomic E-state index is 4.14. The molecule has 0 bridgehead atoms. The highest BCUT2D eigenvalue weighted by molar-refractivity contribution is 5.82. The number of benzene rings is 2. The average molecular weight is 277 g/mol. The van der Waals surface area contributed by atoms with Gasteiger partial charge in [-0.1, -0.05) is 49.0 Å². The molecular weight excluding hydrogens is 254 g/mol. The van der Waals surface area contributed by atoms with Gasteiger partial charge in [-0.3, -0.25) is 0 Å². The topological polar surface area (TPSA) is 12.0 Å². The minimum atomic E-state index is 1.08. The van der Waals surface area contributed by atoms with E-state index in [4.69, 9.17) is 0 Å². The van der Waals surface area contributed by atoms with Crippen molar-refractivity contribution >= 4 is 5.57 Å². The van der Waals surface area contributed by atoms with Crippen molar-refractivity contribution in [3.8, 4) is 11.1 Å². The molecule has 1 heteroatoms. The molecule has 0 amide bonds. The Labute approximate surface area is 128 Å². The van der Waals surface area contributed by atoms with Gasteiger partial charge in [0.1, 0.15) is 0 Å². The van der Waals surface area contributed by atoms with Gasteiger partial charge in [0.15, 0.2) is 0 Å². The van der Waals surface area contributed by atoms with Crippen molar-refractivity contribution in [2.45, 2.75) is 20.8 Å². The van der Waals surface area contributed by atoms with Gasteiger partial charge >= 0.3 is 0 Å². The minimum absolute atomic E-state index is 1.08. The van der Waals surface area contributed by atoms with E-state index in [0.29, 0.717) is 0 Å². The molecule has 0 aliphatic carbocycles. The van der Waals surface area contributed by atoms with Gasteiger partial charge in [-0.25, -0.2) is 0 Å². The molecule has 2 aromatic carbocycles. The lowest BCUT2D eigenvalue weighted by Crippen LogP contribution is -2.06. The van der Waals surface area contributed by atoms with E-state index >= 15 is 0 Å². The van der Waals surface area contributed by atoms with Crippen LogP contribution < -0.4 is 5.32 Å². The van der Waals surface area contributed by atoms with Gasteiger partial charge in [-0.15, -0.1) is 0 Å². The second-order valence-electron chi connectivity index (χ2n) is 5.48. The Kier molecular flexibility index (Phi) is 4.64. The van der Waals surface area contributed by atoms with E-state index in [-0.39, 0.29) is 0 Å². The highest BCUT2D eigenvalue weighted by atomic mass is 14.8. The lowest BCUT2D eigenvalue weighted by molar-refractivity contribution is 0.992. The molecule has 0 fully saturated rings. The highest BCUT2D eigenvalue weighted by Gasteiger charge is 2.09. The van der Waals surface area contributed by atoms with Gasteiger partial charge in [-0.05, 0) is 54.7 Å². The van der Waals surface area contributed by atoms with E-state index in [1.165, 1.54) is 27.8 Å². The van der Waals surface area contributed by atoms with Gasteiger partial charge in [-0.2, -0.15) is 0 Å². The van der Waals surface area contributed by atoms with Crippen molar-refractivity contribution in [3.05, 3.63) is 77.5 Å². The van der Waals surface area contributed by atoms with Crippen LogP contribution in [0, 0.1) is 6.92 Å². The summed E-state index contributed by atoms with van der Waals surface area (Å²) in [5.41, 5.74) is 8.37. The monoisotopic (exact) mass is 277 g/mol. The summed E-state index contributed by atoms with van der Waals surface area (Å²) in [7, 11) is 1.95. The van der Waals surface area contributed by atoms with E-state index in [1.54, 1.807) is 0 Å². The quantitative estimate of drug-likeness (QED) is 0.758. The van der Waals surface area contributed by atoms with Crippen LogP contribution in [0.2, 0.25) is 0 Å². The van der Waals surface area contributed by atoms with Crippen LogP contribution in [0.1, 0.15) is 25.0 Å². The second kappa shape index (κ2) is 6.45. The van der Waals surface area contributed by atoms with Crippen LogP contribution in [-0.2, 0) is 0 Å². The van der Waals surface area contributed by atoms with Crippen molar-refractivity contribution in [1.82, 2.24) is 5.32 Å². The molecule has 0 heterocycles. The highest BCUT2D eigenvalue weighted by Crippen LogP contribution is 2.30. The molecule has 0 radical (unpaired) electrons. The molecule has 2 rings (SSSR count). The van der Waals surface area contributed by atoms with Crippen molar-refractivity contribution in [1.29, 1.82) is 0 Å². The van der Waals surface area contributed by atoms with E-state index in [0.717, 1.165) is 11.3 Å². The van der Waals surface area contributed by atoms with E-state index < -0.39 is 0 Å². The van der Waals surface area contributed by atoms with Crippen LogP contribution >= 0.6 is 0 Å². The van der Waals surface area contributed by atoms with Gasteiger partial charge in [0.25, 0.3) is 0 Å². The van der Waals surface area contributed by atoms with Crippen LogP contribution in [0.15, 0.2) is 66.4 Å². The zero-order chi connectivity index (χ0) is 15.4. The van der Waals surface area contributed by atoms with Gasteiger partial charge in [0, 0.05) is 18.3 Å². The fraction of sp³-hybridized carbons (Fsp3) is 0.200. The molecule has 0 saturated carbocycles. The Bertz CT molecular complexity index is 678. The fourth-order valence-electron chi connectivity index (χ4n) is 2.63. The number of allylic oxidation sites excluding steroid dienone is 3. The first-order valence-corrected chi connectivity index (χ1v) is 7.25. The Morgan fingerprint density at radius 3 is 2.19 bits per heavy atom. The Morgan fingerprint density at radius 1 is 0.952 bits per heavy atom. The van der Waals surface area contributed by atoms with Gasteiger partial charge in [0.2, 0.25) is 0 Å². The number of hydrogen-bond acceptors (Lipinski definition) is 1. The van der Waals surface area contributed by atoms with Crippen LogP contribution in [-0.4, -0.2) is 7.05 Å². The standard InChI is InChI=1S/C20H23N/c1-14(2)20(16(4)21-5)19-12-15(3)11-18(13-19)17-9-7-6-8-10-17/h6-13,21H,1H2,2-5H3/b20-16+. The molecule has 108 valence electrons. The largest absolute Gasteiger partial charge is 0.391 e. The molecular formula is C20H23N. The van der Waals surface area contributed by atoms with Crippen LogP contribution in [0.25, 0.3) is 16.7 Å². The van der Waals surface area contributed by atoms with Gasteiger partial charge in [0.05, 0.1) is 0 Å². The van der Waals surface area contributed by atoms with Gasteiger partial charge < -0.3 is 5.32 Å². The van der Waals surface area contributed by atoms with Crippen LogP contribution in [0.4, 0.5) is 0 Å². The minimum Gasteiger partial charge on any atom is -0.391 e. The maximum Gasteiger partial charge on any atom is 0.0154 e. The molecule has 1 N–H and O–H groups in total. The summed E-state index contributed by atoms with van der Waals surface area (Å²) in [6.45, 7) is 10.4. The van der Waals surface area contributed by atoms with Crippen LogP contribution in [0.5, 0.6) is 0 Å². The molecule has 0 aliphatic rings. The Morgan fingerprint density at radius 2 is 1.62 bits per heavy atom. The van der Waals surface area contributed by atoms with Crippen molar-refractivity contribution < 1.29 is 0 Å². The summed E-state index contributed by atoms with van der Waals surface area (Å²) < 4.78 is 0. The predicted molar refractivity (Wildman–Crippen MR) is 93.1 cm³/mol. The molecule has 21 heavy (non-hydrogen) atoms. The summed E-state index contributed by atoms with van der Waals surface area (Å²) in [6, 6.07) is 17.2. The molecule has 1 nitrogen and oxygen atoms in total. The molecule has 0 aliphatic heterocycles. The molecule has 0 spiro atoms. The molecule has 0 unspecified atom stereocenters. The molecule has 0 saturated heterocycles. The SMILES string of the molecule is C=C(C)/C(=C(/C)NC)c1cc(C)cc(-c2ccccc2)c1. The first kappa shape index (κ1) is 15.1. The first-order chi connectivity index (χ1) is 10.0. The number of nitrogens with one attached hydrogen (secondary N) is 1. The average Bonchev–Trinajstić information content (AvgIpc) is 2.47. The number of rotatable bonds is 4. The van der Waals surface area contributed by atoms with E-state index in [2.05, 4.69) is 75.1 Å². The molecule has 2 aromatic rings. The summed E-state index contributed by atoms with van der Waals surface area (Å²) in [5.74, 6) is 0. The van der Waals surface area contributed by atoms with Crippen molar-refractivity contribution in [2.24, 2.45) is 0 Å². The first-order valence-electron chi connectivity index (χ1n) is 7.25. The number of aryl methyl sites for hydroxylation is 1. The second-order valence-corrected chi connectivity index (χ2v) is 5.48. The normalized spacial score (nSPS) is 11.8. The van der Waals surface area contributed by atoms with E-state index in [9.17, 15) is 0 Å². The summed E-state index contributed by atoms with van der Waals surface area (Å²) in [4.78, 5) is 0. The maximum atomic E-state index is 4.14. The zero-order valence-electron chi connectivity index (χ0n) is 13.3. The lowest BCUT2D eigenvalue weighted by atomic mass is 9.92. The third kappa shape index (κ3) is 3.43. The summed E-state index contributed by atoms with van der Waals surface area (Å²) >= 11 is 0. The van der Waals surface area contributed by atoms with Crippen molar-refractivity contribution in [3.63, 3.8) is 0 Å². The van der Waals surface area contributed by atoms with Crippen molar-refractivity contribution in [2.75, 3.05) is 7.05 Å². The zero-order valence-corrected chi connectivity index (χ0v) is 13.3. The Hall–Kier alpha value is -2.28. The summed E-state index contributed by atoms with van der Waals surface area (Å²) in [6.07, 6.45) is 0. The number of hydrogen-bond donors (Lipinski definition) is 1. The van der Waals surface area contributed by atoms with E-state index in [1.807, 2.05) is 13.1 Å². The summed E-state index contributed by atoms with van der Waals surface area (Å²) in [5, 5.41) is 3.24. The molecule has 0 aromatic heterocycles. The lowest BCUT2D eigenvalue weighted by Gasteiger charge is -2.15. The Balaban J connectivity index is 2.61. The third-order valence-corrected chi connectivity index (χ3v) is 3.65. The smallest absolute Gasteiger partial charge is 0.0154 e.